The fourth-order valence-corrected chi connectivity index (χ4v) is 4.02. The van der Waals surface area contributed by atoms with Crippen LogP contribution in [-0.4, -0.2) is 48.0 Å². The number of rotatable bonds is 5. The number of amidine groups is 1. The van der Waals surface area contributed by atoms with Gasteiger partial charge >= 0.3 is 0 Å². The molecule has 1 aliphatic heterocycles. The Labute approximate surface area is 122 Å². The summed E-state index contributed by atoms with van der Waals surface area (Å²) >= 11 is 1.94. The first-order valence-electron chi connectivity index (χ1n) is 7.81. The van der Waals surface area contributed by atoms with Crippen LogP contribution in [0.3, 0.4) is 0 Å². The highest BCUT2D eigenvalue weighted by Crippen LogP contribution is 2.31. The molecule has 2 unspecified atom stereocenters. The third-order valence-corrected chi connectivity index (χ3v) is 5.57. The van der Waals surface area contributed by atoms with Crippen molar-refractivity contribution in [2.75, 3.05) is 25.9 Å². The SMILES string of the molecule is CC(C)N(C)CCCN=C1NC2CCCCC2CS1. The molecule has 0 radical (unpaired) electrons. The lowest BCUT2D eigenvalue weighted by atomic mass is 9.86. The summed E-state index contributed by atoms with van der Waals surface area (Å²) in [6.45, 7) is 6.59. The van der Waals surface area contributed by atoms with Gasteiger partial charge in [0.1, 0.15) is 0 Å². The molecule has 1 aliphatic carbocycles. The van der Waals surface area contributed by atoms with Crippen molar-refractivity contribution in [3.8, 4) is 0 Å². The number of aliphatic imine (C=N–C) groups is 1. The van der Waals surface area contributed by atoms with E-state index in [9.17, 15) is 0 Å². The summed E-state index contributed by atoms with van der Waals surface area (Å²) < 4.78 is 0. The van der Waals surface area contributed by atoms with Crippen LogP contribution in [0.1, 0.15) is 46.0 Å². The molecular formula is C15H29N3S. The lowest BCUT2D eigenvalue weighted by molar-refractivity contribution is 0.272. The van der Waals surface area contributed by atoms with Gasteiger partial charge in [-0.1, -0.05) is 24.6 Å². The molecule has 0 aromatic rings. The second-order valence-corrected chi connectivity index (χ2v) is 7.23. The highest BCUT2D eigenvalue weighted by Gasteiger charge is 2.29. The molecule has 19 heavy (non-hydrogen) atoms. The average molecular weight is 283 g/mol. The van der Waals surface area contributed by atoms with E-state index in [1.54, 1.807) is 0 Å². The second kappa shape index (κ2) is 7.53. The number of nitrogens with one attached hydrogen (secondary N) is 1. The smallest absolute Gasteiger partial charge is 0.156 e. The number of hydrogen-bond donors (Lipinski definition) is 1. The largest absolute Gasteiger partial charge is 0.362 e. The minimum atomic E-state index is 0.637. The molecule has 2 atom stereocenters. The quantitative estimate of drug-likeness (QED) is 0.786. The molecule has 0 spiro atoms. The summed E-state index contributed by atoms with van der Waals surface area (Å²) in [7, 11) is 2.19. The van der Waals surface area contributed by atoms with Crippen molar-refractivity contribution in [1.29, 1.82) is 0 Å². The Kier molecular flexibility index (Phi) is 6.02. The van der Waals surface area contributed by atoms with E-state index < -0.39 is 0 Å². The van der Waals surface area contributed by atoms with Crippen LogP contribution >= 0.6 is 11.8 Å². The van der Waals surface area contributed by atoms with Crippen molar-refractivity contribution in [3.05, 3.63) is 0 Å². The lowest BCUT2D eigenvalue weighted by Gasteiger charge is -2.36. The molecule has 1 heterocycles. The Hall–Kier alpha value is -0.220. The molecule has 2 rings (SSSR count). The lowest BCUT2D eigenvalue weighted by Crippen LogP contribution is -2.46. The zero-order valence-corrected chi connectivity index (χ0v) is 13.5. The Morgan fingerprint density at radius 3 is 2.95 bits per heavy atom. The van der Waals surface area contributed by atoms with Crippen LogP contribution < -0.4 is 5.32 Å². The topological polar surface area (TPSA) is 27.6 Å². The molecule has 110 valence electrons. The van der Waals surface area contributed by atoms with E-state index in [4.69, 9.17) is 4.99 Å². The summed E-state index contributed by atoms with van der Waals surface area (Å²) in [5.41, 5.74) is 0. The minimum Gasteiger partial charge on any atom is -0.362 e. The highest BCUT2D eigenvalue weighted by atomic mass is 32.2. The standard InChI is InChI=1S/C15H29N3S/c1-12(2)18(3)10-6-9-16-15-17-14-8-5-4-7-13(14)11-19-15/h12-14H,4-11H2,1-3H3,(H,16,17). The van der Waals surface area contributed by atoms with Gasteiger partial charge in [-0.05, 0) is 52.6 Å². The van der Waals surface area contributed by atoms with Crippen LogP contribution in [-0.2, 0) is 0 Å². The number of nitrogens with zero attached hydrogens (tertiary/aromatic N) is 2. The van der Waals surface area contributed by atoms with Gasteiger partial charge in [-0.2, -0.15) is 0 Å². The van der Waals surface area contributed by atoms with Crippen LogP contribution in [0.4, 0.5) is 0 Å². The predicted octanol–water partition coefficient (Wildman–Crippen LogP) is 2.97. The van der Waals surface area contributed by atoms with Crippen molar-refractivity contribution in [1.82, 2.24) is 10.2 Å². The van der Waals surface area contributed by atoms with Gasteiger partial charge in [0.25, 0.3) is 0 Å². The van der Waals surface area contributed by atoms with E-state index in [1.165, 1.54) is 36.6 Å². The van der Waals surface area contributed by atoms with Crippen LogP contribution in [0.2, 0.25) is 0 Å². The molecule has 1 N–H and O–H groups in total. The van der Waals surface area contributed by atoms with Gasteiger partial charge in [-0.15, -0.1) is 0 Å². The fourth-order valence-electron chi connectivity index (χ4n) is 2.83. The van der Waals surface area contributed by atoms with Gasteiger partial charge in [0.2, 0.25) is 0 Å². The van der Waals surface area contributed by atoms with Crippen molar-refractivity contribution in [2.45, 2.75) is 58.0 Å². The minimum absolute atomic E-state index is 0.637. The molecule has 4 heteroatoms. The Morgan fingerprint density at radius 1 is 1.37 bits per heavy atom. The first-order chi connectivity index (χ1) is 9.16. The Balaban J connectivity index is 1.69. The summed E-state index contributed by atoms with van der Waals surface area (Å²) in [5.74, 6) is 2.17. The van der Waals surface area contributed by atoms with Crippen molar-refractivity contribution < 1.29 is 0 Å². The van der Waals surface area contributed by atoms with Crippen LogP contribution in [0.15, 0.2) is 4.99 Å². The van der Waals surface area contributed by atoms with E-state index in [1.807, 2.05) is 11.8 Å². The Bertz CT molecular complexity index is 304. The van der Waals surface area contributed by atoms with E-state index in [-0.39, 0.29) is 0 Å². The third kappa shape index (κ3) is 4.67. The van der Waals surface area contributed by atoms with Gasteiger partial charge in [0.15, 0.2) is 5.17 Å². The monoisotopic (exact) mass is 283 g/mol. The van der Waals surface area contributed by atoms with E-state index in [0.717, 1.165) is 25.4 Å². The molecular weight excluding hydrogens is 254 g/mol. The zero-order chi connectivity index (χ0) is 13.7. The summed E-state index contributed by atoms with van der Waals surface area (Å²) in [4.78, 5) is 7.14. The first-order valence-corrected chi connectivity index (χ1v) is 8.79. The third-order valence-electron chi connectivity index (χ3n) is 4.46. The number of thioether (sulfide) groups is 1. The van der Waals surface area contributed by atoms with Crippen LogP contribution in [0.5, 0.6) is 0 Å². The molecule has 3 nitrogen and oxygen atoms in total. The van der Waals surface area contributed by atoms with Gasteiger partial charge in [-0.25, -0.2) is 0 Å². The van der Waals surface area contributed by atoms with Gasteiger partial charge in [0.05, 0.1) is 0 Å². The predicted molar refractivity (Wildman–Crippen MR) is 86.0 cm³/mol. The zero-order valence-electron chi connectivity index (χ0n) is 12.7. The maximum absolute atomic E-state index is 4.75. The highest BCUT2D eigenvalue weighted by molar-refractivity contribution is 8.13. The van der Waals surface area contributed by atoms with Crippen LogP contribution in [0.25, 0.3) is 0 Å². The molecule has 0 bridgehead atoms. The normalized spacial score (nSPS) is 29.6. The second-order valence-electron chi connectivity index (χ2n) is 6.22. The molecule has 0 aromatic heterocycles. The fraction of sp³-hybridized carbons (Fsp3) is 0.933. The maximum atomic E-state index is 4.75. The van der Waals surface area contributed by atoms with E-state index in [2.05, 4.69) is 31.1 Å². The number of hydrogen-bond acceptors (Lipinski definition) is 3. The average Bonchev–Trinajstić information content (AvgIpc) is 2.43. The molecule has 1 saturated heterocycles. The maximum Gasteiger partial charge on any atom is 0.156 e. The molecule has 1 saturated carbocycles. The van der Waals surface area contributed by atoms with Crippen LogP contribution in [0, 0.1) is 5.92 Å². The van der Waals surface area contributed by atoms with Gasteiger partial charge < -0.3 is 10.2 Å². The van der Waals surface area contributed by atoms with E-state index in [0.29, 0.717) is 12.1 Å². The first kappa shape index (κ1) is 15.2. The summed E-state index contributed by atoms with van der Waals surface area (Å²) in [6.07, 6.45) is 6.74. The Morgan fingerprint density at radius 2 is 2.16 bits per heavy atom. The summed E-state index contributed by atoms with van der Waals surface area (Å²) in [6, 6.07) is 1.35. The van der Waals surface area contributed by atoms with Crippen molar-refractivity contribution in [3.63, 3.8) is 0 Å². The summed E-state index contributed by atoms with van der Waals surface area (Å²) in [5, 5.41) is 4.87. The molecule has 0 amide bonds. The van der Waals surface area contributed by atoms with Gasteiger partial charge in [-0.3, -0.25) is 4.99 Å². The number of fused-ring (bicyclic) bond motifs is 1. The van der Waals surface area contributed by atoms with Gasteiger partial charge in [0, 0.05) is 24.4 Å². The molecule has 2 aliphatic rings. The van der Waals surface area contributed by atoms with Crippen molar-refractivity contribution in [2.24, 2.45) is 10.9 Å². The van der Waals surface area contributed by atoms with E-state index >= 15 is 0 Å². The van der Waals surface area contributed by atoms with Crippen molar-refractivity contribution >= 4 is 16.9 Å². The molecule has 2 fully saturated rings. The molecule has 0 aromatic carbocycles.